The zero-order valence-corrected chi connectivity index (χ0v) is 11.0. The molecule has 4 N–H and O–H groups in total. The van der Waals surface area contributed by atoms with Gasteiger partial charge in [-0.05, 0) is 12.4 Å². The highest BCUT2D eigenvalue weighted by Crippen LogP contribution is 2.16. The number of hydrogen-bond donors (Lipinski definition) is 3. The third-order valence-corrected chi connectivity index (χ3v) is 2.73. The van der Waals surface area contributed by atoms with Crippen molar-refractivity contribution in [1.29, 1.82) is 5.26 Å². The molecular weight excluding hydrogens is 241 g/mol. The van der Waals surface area contributed by atoms with Crippen LogP contribution in [0, 0.1) is 11.2 Å². The molecule has 0 spiro atoms. The minimum Gasteiger partial charge on any atom is -0.398 e. The minimum atomic E-state index is -0.870. The van der Waals surface area contributed by atoms with E-state index in [-0.39, 0.29) is 26.2 Å². The molecule has 19 heavy (non-hydrogen) atoms. The van der Waals surface area contributed by atoms with Gasteiger partial charge >= 0.3 is 0 Å². The van der Waals surface area contributed by atoms with Crippen LogP contribution in [-0.4, -0.2) is 41.9 Å². The Balaban J connectivity index is 3.03. The summed E-state index contributed by atoms with van der Waals surface area (Å²) >= 11 is 0. The van der Waals surface area contributed by atoms with Crippen molar-refractivity contribution in [1.82, 2.24) is 0 Å². The van der Waals surface area contributed by atoms with Gasteiger partial charge in [-0.2, -0.15) is 0 Å². The quantitative estimate of drug-likeness (QED) is 0.395. The number of aliphatic hydroxyl groups is 2. The van der Waals surface area contributed by atoms with Crippen LogP contribution in [0.4, 0.5) is 5.69 Å². The van der Waals surface area contributed by atoms with Crippen molar-refractivity contribution >= 4 is 18.1 Å². The number of nitrogens with zero attached hydrogens (tertiary/aromatic N) is 2. The summed E-state index contributed by atoms with van der Waals surface area (Å²) in [5, 5.41) is 27.9. The Bertz CT molecular complexity index is 485. The standard InChI is InChI=1S/C13H18BN3O2/c1-14(9-15)8-12(19)13(17-6-7-18)10-4-2-3-5-11(10)16/h2-5,12,18-19H,6-8,16H2,1H3. The number of nitriles is 1. The Labute approximate surface area is 113 Å². The second-order valence-electron chi connectivity index (χ2n) is 4.36. The van der Waals surface area contributed by atoms with Crippen LogP contribution >= 0.6 is 0 Å². The first kappa shape index (κ1) is 15.2. The van der Waals surface area contributed by atoms with E-state index in [1.54, 1.807) is 31.1 Å². The Morgan fingerprint density at radius 2 is 2.21 bits per heavy atom. The molecule has 1 aromatic carbocycles. The van der Waals surface area contributed by atoms with E-state index in [9.17, 15) is 5.11 Å². The van der Waals surface area contributed by atoms with Crippen molar-refractivity contribution in [3.63, 3.8) is 0 Å². The van der Waals surface area contributed by atoms with Gasteiger partial charge in [0, 0.05) is 17.2 Å². The highest BCUT2D eigenvalue weighted by Gasteiger charge is 2.21. The average Bonchev–Trinajstić information content (AvgIpc) is 2.40. The Hall–Kier alpha value is -1.84. The van der Waals surface area contributed by atoms with Crippen LogP contribution in [0.15, 0.2) is 29.3 Å². The monoisotopic (exact) mass is 259 g/mol. The number of nitrogen functional groups attached to an aromatic ring is 1. The van der Waals surface area contributed by atoms with Crippen LogP contribution in [-0.2, 0) is 0 Å². The first-order chi connectivity index (χ1) is 9.10. The van der Waals surface area contributed by atoms with Crippen molar-refractivity contribution in [2.45, 2.75) is 19.2 Å². The van der Waals surface area contributed by atoms with E-state index in [4.69, 9.17) is 16.1 Å². The molecule has 0 bridgehead atoms. The number of benzene rings is 1. The van der Waals surface area contributed by atoms with Crippen molar-refractivity contribution in [3.8, 4) is 5.97 Å². The SMILES string of the molecule is CB(C#N)CC(O)C(=NCCO)c1ccccc1N. The molecule has 1 unspecified atom stereocenters. The second kappa shape index (κ2) is 7.57. The van der Waals surface area contributed by atoms with Gasteiger partial charge in [0.1, 0.15) is 0 Å². The molecule has 100 valence electrons. The Morgan fingerprint density at radius 3 is 2.79 bits per heavy atom. The van der Waals surface area contributed by atoms with Gasteiger partial charge in [-0.25, -0.2) is 5.26 Å². The number of nitrogens with two attached hydrogens (primary N) is 1. The summed E-state index contributed by atoms with van der Waals surface area (Å²) in [6.07, 6.45) is -0.583. The molecule has 0 heterocycles. The Morgan fingerprint density at radius 1 is 1.53 bits per heavy atom. The second-order valence-corrected chi connectivity index (χ2v) is 4.36. The van der Waals surface area contributed by atoms with Crippen LogP contribution in [0.25, 0.3) is 0 Å². The topological polar surface area (TPSA) is 103 Å². The smallest absolute Gasteiger partial charge is 0.267 e. The number of para-hydroxylation sites is 1. The number of anilines is 1. The van der Waals surface area contributed by atoms with Gasteiger partial charge in [0.2, 0.25) is 0 Å². The van der Waals surface area contributed by atoms with Gasteiger partial charge in [0.25, 0.3) is 6.71 Å². The van der Waals surface area contributed by atoms with E-state index in [1.807, 2.05) is 0 Å². The molecule has 1 rings (SSSR count). The summed E-state index contributed by atoms with van der Waals surface area (Å²) in [7, 11) is 0. The summed E-state index contributed by atoms with van der Waals surface area (Å²) in [5.74, 6) is 2.08. The molecule has 0 aliphatic carbocycles. The summed E-state index contributed by atoms with van der Waals surface area (Å²) in [6.45, 7) is 1.55. The van der Waals surface area contributed by atoms with E-state index in [0.717, 1.165) is 0 Å². The minimum absolute atomic E-state index is 0.100. The normalized spacial score (nSPS) is 12.8. The van der Waals surface area contributed by atoms with Gasteiger partial charge in [-0.3, -0.25) is 4.99 Å². The van der Waals surface area contributed by atoms with Crippen molar-refractivity contribution in [2.24, 2.45) is 4.99 Å². The fourth-order valence-corrected chi connectivity index (χ4v) is 1.77. The molecule has 0 aromatic heterocycles. The predicted octanol–water partition coefficient (Wildman–Crippen LogP) is 0.598. The predicted molar refractivity (Wildman–Crippen MR) is 77.4 cm³/mol. The lowest BCUT2D eigenvalue weighted by Gasteiger charge is -2.16. The van der Waals surface area contributed by atoms with E-state index in [0.29, 0.717) is 17.0 Å². The van der Waals surface area contributed by atoms with E-state index >= 15 is 0 Å². The third kappa shape index (κ3) is 4.40. The lowest BCUT2D eigenvalue weighted by Crippen LogP contribution is -2.27. The summed E-state index contributed by atoms with van der Waals surface area (Å²) in [6, 6.07) is 7.10. The first-order valence-corrected chi connectivity index (χ1v) is 6.18. The van der Waals surface area contributed by atoms with Crippen LogP contribution in [0.2, 0.25) is 13.1 Å². The molecule has 1 aromatic rings. The molecule has 0 fully saturated rings. The van der Waals surface area contributed by atoms with Crippen LogP contribution in [0.3, 0.4) is 0 Å². The molecule has 0 saturated carbocycles. The maximum Gasteiger partial charge on any atom is 0.267 e. The van der Waals surface area contributed by atoms with Crippen LogP contribution in [0.1, 0.15) is 5.56 Å². The highest BCUT2D eigenvalue weighted by atomic mass is 16.3. The number of aliphatic imine (C=N–C) groups is 1. The Kier molecular flexibility index (Phi) is 6.06. The van der Waals surface area contributed by atoms with Gasteiger partial charge in [0.15, 0.2) is 0 Å². The average molecular weight is 259 g/mol. The van der Waals surface area contributed by atoms with Gasteiger partial charge in [-0.15, -0.1) is 0 Å². The van der Waals surface area contributed by atoms with E-state index < -0.39 is 6.10 Å². The number of hydrogen-bond acceptors (Lipinski definition) is 5. The largest absolute Gasteiger partial charge is 0.398 e. The highest BCUT2D eigenvalue weighted by molar-refractivity contribution is 6.66. The summed E-state index contributed by atoms with van der Waals surface area (Å²) in [5.41, 5.74) is 7.46. The number of rotatable bonds is 6. The summed E-state index contributed by atoms with van der Waals surface area (Å²) in [4.78, 5) is 4.19. The molecule has 5 nitrogen and oxygen atoms in total. The van der Waals surface area contributed by atoms with Crippen LogP contribution < -0.4 is 5.73 Å². The summed E-state index contributed by atoms with van der Waals surface area (Å²) < 4.78 is 0. The number of aliphatic hydroxyl groups excluding tert-OH is 2. The zero-order valence-electron chi connectivity index (χ0n) is 11.0. The molecule has 6 heteroatoms. The fraction of sp³-hybridized carbons (Fsp3) is 0.385. The molecular formula is C13H18BN3O2. The van der Waals surface area contributed by atoms with Gasteiger partial charge in [0.05, 0.1) is 25.0 Å². The lowest BCUT2D eigenvalue weighted by atomic mass is 9.50. The van der Waals surface area contributed by atoms with Crippen molar-refractivity contribution in [2.75, 3.05) is 18.9 Å². The maximum absolute atomic E-state index is 10.2. The molecule has 0 radical (unpaired) electrons. The lowest BCUT2D eigenvalue weighted by molar-refractivity contribution is 0.260. The van der Waals surface area contributed by atoms with E-state index in [1.165, 1.54) is 0 Å². The molecule has 0 aliphatic heterocycles. The third-order valence-electron chi connectivity index (χ3n) is 2.73. The van der Waals surface area contributed by atoms with E-state index in [2.05, 4.69) is 11.0 Å². The molecule has 0 aliphatic rings. The fourth-order valence-electron chi connectivity index (χ4n) is 1.77. The van der Waals surface area contributed by atoms with Gasteiger partial charge in [-0.1, -0.05) is 25.0 Å². The first-order valence-electron chi connectivity index (χ1n) is 6.18. The van der Waals surface area contributed by atoms with Crippen molar-refractivity contribution < 1.29 is 10.2 Å². The maximum atomic E-state index is 10.2. The molecule has 1 atom stereocenters. The van der Waals surface area contributed by atoms with Gasteiger partial charge < -0.3 is 15.9 Å². The van der Waals surface area contributed by atoms with Crippen LogP contribution in [0.5, 0.6) is 0 Å². The van der Waals surface area contributed by atoms with Crippen molar-refractivity contribution in [3.05, 3.63) is 29.8 Å². The molecule has 0 amide bonds. The molecule has 0 saturated heterocycles. The zero-order chi connectivity index (χ0) is 14.3.